The van der Waals surface area contributed by atoms with E-state index in [1.54, 1.807) is 6.08 Å². The average molecular weight is 439 g/mol. The zero-order valence-corrected chi connectivity index (χ0v) is 20.4. The number of aliphatic hydroxyl groups is 2. The number of carbonyl (C=O) groups excluding carboxylic acids is 2. The number of rotatable bonds is 0. The standard InChI is InChI=1S/C28H38O4/c1-15-18-10-12-27(5)21(26(18,4)14-20(29)22(15)30)8-7-19-17-13-25(2,3)11-9-16(17)23(31)24(32)28(19,27)6/h7,14,16-17,21,24,29,32H,8-13H2,1-6H3/t16-,17+,21+,24-,26+,27+,28?/m0/s1. The van der Waals surface area contributed by atoms with Gasteiger partial charge in [0.05, 0.1) is 0 Å². The molecule has 1 unspecified atom stereocenters. The van der Waals surface area contributed by atoms with Crippen molar-refractivity contribution < 1.29 is 19.8 Å². The largest absolute Gasteiger partial charge is 0.504 e. The number of aliphatic hydroxyl groups excluding tert-OH is 2. The van der Waals surface area contributed by atoms with Crippen molar-refractivity contribution in [3.05, 3.63) is 34.6 Å². The van der Waals surface area contributed by atoms with E-state index in [1.807, 2.05) is 6.92 Å². The van der Waals surface area contributed by atoms with Crippen molar-refractivity contribution in [3.8, 4) is 0 Å². The van der Waals surface area contributed by atoms with Crippen LogP contribution in [0.15, 0.2) is 34.6 Å². The van der Waals surface area contributed by atoms with Crippen molar-refractivity contribution in [3.63, 3.8) is 0 Å². The molecular formula is C28H38O4. The lowest BCUT2D eigenvalue weighted by Crippen LogP contribution is -2.65. The Bertz CT molecular complexity index is 1010. The van der Waals surface area contributed by atoms with Gasteiger partial charge < -0.3 is 10.2 Å². The van der Waals surface area contributed by atoms with E-state index < -0.39 is 16.9 Å². The third kappa shape index (κ3) is 2.48. The molecule has 5 rings (SSSR count). The number of Topliss-reactive ketones (excluding diaryl/α,β-unsaturated/α-hetero) is 2. The van der Waals surface area contributed by atoms with E-state index in [0.717, 1.165) is 44.1 Å². The third-order valence-corrected chi connectivity index (χ3v) is 10.8. The molecule has 5 aliphatic rings. The molecule has 32 heavy (non-hydrogen) atoms. The first-order valence-electron chi connectivity index (χ1n) is 12.4. The molecule has 0 spiro atoms. The Morgan fingerprint density at radius 3 is 2.41 bits per heavy atom. The third-order valence-electron chi connectivity index (χ3n) is 10.8. The smallest absolute Gasteiger partial charge is 0.222 e. The van der Waals surface area contributed by atoms with Crippen LogP contribution in [0, 0.1) is 39.4 Å². The average Bonchev–Trinajstić information content (AvgIpc) is 2.70. The number of hydrogen-bond donors (Lipinski definition) is 2. The van der Waals surface area contributed by atoms with Crippen molar-refractivity contribution >= 4 is 11.6 Å². The number of hydrogen-bond acceptors (Lipinski definition) is 4. The van der Waals surface area contributed by atoms with Gasteiger partial charge in [-0.3, -0.25) is 9.59 Å². The lowest BCUT2D eigenvalue weighted by Gasteiger charge is -2.67. The Morgan fingerprint density at radius 2 is 1.72 bits per heavy atom. The molecule has 0 heterocycles. The fraction of sp³-hybridized carbons (Fsp3) is 0.714. The van der Waals surface area contributed by atoms with E-state index in [0.29, 0.717) is 5.57 Å². The molecule has 0 bridgehead atoms. The highest BCUT2D eigenvalue weighted by molar-refractivity contribution is 6.08. The number of fused-ring (bicyclic) bond motifs is 7. The molecule has 3 fully saturated rings. The minimum Gasteiger partial charge on any atom is -0.504 e. The van der Waals surface area contributed by atoms with Crippen molar-refractivity contribution in [2.75, 3.05) is 0 Å². The predicted octanol–water partition coefficient (Wildman–Crippen LogP) is 5.47. The van der Waals surface area contributed by atoms with E-state index in [1.165, 1.54) is 5.57 Å². The summed E-state index contributed by atoms with van der Waals surface area (Å²) in [5.74, 6) is -0.140. The quantitative estimate of drug-likeness (QED) is 0.492. The molecule has 7 atom stereocenters. The number of carbonyl (C=O) groups is 2. The molecule has 5 aliphatic carbocycles. The van der Waals surface area contributed by atoms with Crippen LogP contribution in [0.3, 0.4) is 0 Å². The molecule has 0 radical (unpaired) electrons. The lowest BCUT2D eigenvalue weighted by atomic mass is 9.37. The summed E-state index contributed by atoms with van der Waals surface area (Å²) in [7, 11) is 0. The molecule has 2 N–H and O–H groups in total. The molecular weight excluding hydrogens is 400 g/mol. The summed E-state index contributed by atoms with van der Waals surface area (Å²) in [6, 6.07) is 0. The molecule has 3 saturated carbocycles. The second-order valence-corrected chi connectivity index (χ2v) is 12.7. The van der Waals surface area contributed by atoms with Gasteiger partial charge in [0.1, 0.15) is 6.10 Å². The summed E-state index contributed by atoms with van der Waals surface area (Å²) < 4.78 is 0. The zero-order chi connectivity index (χ0) is 23.4. The highest BCUT2D eigenvalue weighted by atomic mass is 16.3. The molecule has 0 aliphatic heterocycles. The highest BCUT2D eigenvalue weighted by Gasteiger charge is 2.68. The highest BCUT2D eigenvalue weighted by Crippen LogP contribution is 2.71. The van der Waals surface area contributed by atoms with E-state index in [4.69, 9.17) is 0 Å². The van der Waals surface area contributed by atoms with Crippen LogP contribution in [0.2, 0.25) is 0 Å². The van der Waals surface area contributed by atoms with Gasteiger partial charge >= 0.3 is 0 Å². The van der Waals surface area contributed by atoms with Crippen LogP contribution >= 0.6 is 0 Å². The SMILES string of the molecule is CC1=C2CC[C@]3(C)[C@H](CC=C4[C@@H]5CC(C)(C)CC[C@@H]5C(=O)[C@H](O)C43C)[C@]2(C)C=C(O)C1=O. The summed E-state index contributed by atoms with van der Waals surface area (Å²) in [4.78, 5) is 26.1. The van der Waals surface area contributed by atoms with E-state index in [9.17, 15) is 19.8 Å². The Balaban J connectivity index is 1.68. The monoisotopic (exact) mass is 438 g/mol. The van der Waals surface area contributed by atoms with Gasteiger partial charge in [0.2, 0.25) is 5.78 Å². The van der Waals surface area contributed by atoms with Crippen LogP contribution in [0.5, 0.6) is 0 Å². The summed E-state index contributed by atoms with van der Waals surface area (Å²) in [5, 5.41) is 22.1. The first-order valence-corrected chi connectivity index (χ1v) is 12.4. The maximum absolute atomic E-state index is 13.6. The van der Waals surface area contributed by atoms with Crippen molar-refractivity contribution in [2.24, 2.45) is 39.4 Å². The van der Waals surface area contributed by atoms with Crippen molar-refractivity contribution in [2.45, 2.75) is 86.2 Å². The predicted molar refractivity (Wildman–Crippen MR) is 124 cm³/mol. The molecule has 174 valence electrons. The van der Waals surface area contributed by atoms with Crippen LogP contribution in [-0.2, 0) is 9.59 Å². The van der Waals surface area contributed by atoms with Crippen LogP contribution < -0.4 is 0 Å². The summed E-state index contributed by atoms with van der Waals surface area (Å²) >= 11 is 0. The molecule has 0 aromatic heterocycles. The number of ketones is 2. The minimum atomic E-state index is -0.998. The molecule has 0 aromatic rings. The Kier molecular flexibility index (Phi) is 4.47. The van der Waals surface area contributed by atoms with Crippen molar-refractivity contribution in [1.29, 1.82) is 0 Å². The fourth-order valence-electron chi connectivity index (χ4n) is 8.82. The van der Waals surface area contributed by atoms with E-state index in [-0.39, 0.29) is 45.9 Å². The molecule has 0 saturated heterocycles. The zero-order valence-electron chi connectivity index (χ0n) is 20.4. The molecule has 4 heteroatoms. The second-order valence-electron chi connectivity index (χ2n) is 12.7. The van der Waals surface area contributed by atoms with Crippen LogP contribution in [0.4, 0.5) is 0 Å². The van der Waals surface area contributed by atoms with Crippen LogP contribution in [-0.4, -0.2) is 27.9 Å². The molecule has 4 nitrogen and oxygen atoms in total. The van der Waals surface area contributed by atoms with E-state index >= 15 is 0 Å². The van der Waals surface area contributed by atoms with Crippen LogP contribution in [0.25, 0.3) is 0 Å². The van der Waals surface area contributed by atoms with Gasteiger partial charge in [0, 0.05) is 22.3 Å². The Labute approximate surface area is 191 Å². The maximum atomic E-state index is 13.6. The fourth-order valence-corrected chi connectivity index (χ4v) is 8.82. The Hall–Kier alpha value is -1.68. The van der Waals surface area contributed by atoms with Gasteiger partial charge in [-0.25, -0.2) is 0 Å². The topological polar surface area (TPSA) is 74.6 Å². The van der Waals surface area contributed by atoms with Gasteiger partial charge in [0.25, 0.3) is 0 Å². The minimum absolute atomic E-state index is 0.0342. The maximum Gasteiger partial charge on any atom is 0.222 e. The first kappa shape index (κ1) is 22.1. The Morgan fingerprint density at radius 1 is 1.03 bits per heavy atom. The summed E-state index contributed by atoms with van der Waals surface area (Å²) in [6.07, 6.45) is 8.43. The van der Waals surface area contributed by atoms with Gasteiger partial charge in [-0.05, 0) is 74.2 Å². The molecule has 0 aromatic carbocycles. The van der Waals surface area contributed by atoms with Gasteiger partial charge in [-0.1, -0.05) is 51.8 Å². The van der Waals surface area contributed by atoms with Crippen LogP contribution in [0.1, 0.15) is 80.1 Å². The number of allylic oxidation sites excluding steroid dienone is 4. The summed E-state index contributed by atoms with van der Waals surface area (Å²) in [6.45, 7) is 13.0. The van der Waals surface area contributed by atoms with Gasteiger partial charge in [0.15, 0.2) is 11.5 Å². The lowest BCUT2D eigenvalue weighted by molar-refractivity contribution is -0.168. The van der Waals surface area contributed by atoms with Crippen molar-refractivity contribution in [1.82, 2.24) is 0 Å². The van der Waals surface area contributed by atoms with Gasteiger partial charge in [-0.2, -0.15) is 0 Å². The summed E-state index contributed by atoms with van der Waals surface area (Å²) in [5.41, 5.74) is 1.90. The second kappa shape index (κ2) is 6.46. The normalized spacial score (nSPS) is 47.6. The van der Waals surface area contributed by atoms with E-state index in [2.05, 4.69) is 40.7 Å². The first-order chi connectivity index (χ1) is 14.8. The van der Waals surface area contributed by atoms with Gasteiger partial charge in [-0.15, -0.1) is 0 Å². The molecule has 0 amide bonds.